The largest absolute Gasteiger partial charge is 0.478 e. The van der Waals surface area contributed by atoms with E-state index in [-0.39, 0.29) is 18.0 Å². The third-order valence-corrected chi connectivity index (χ3v) is 5.20. The van der Waals surface area contributed by atoms with E-state index < -0.39 is 4.92 Å². The van der Waals surface area contributed by atoms with Gasteiger partial charge in [-0.15, -0.1) is 16.4 Å². The van der Waals surface area contributed by atoms with Gasteiger partial charge in [-0.2, -0.15) is 0 Å². The lowest BCUT2D eigenvalue weighted by atomic mass is 10.1. The first kappa shape index (κ1) is 16.4. The molecule has 0 amide bonds. The second-order valence-electron chi connectivity index (χ2n) is 5.72. The third-order valence-electron chi connectivity index (χ3n) is 4.15. The van der Waals surface area contributed by atoms with Crippen LogP contribution in [0.2, 0.25) is 0 Å². The van der Waals surface area contributed by atoms with Gasteiger partial charge in [0.2, 0.25) is 0 Å². The molecule has 4 aromatic rings. The summed E-state index contributed by atoms with van der Waals surface area (Å²) in [5, 5.41) is 16.5. The summed E-state index contributed by atoms with van der Waals surface area (Å²) in [7, 11) is 0. The topological polar surface area (TPSA) is 95.5 Å². The van der Waals surface area contributed by atoms with E-state index in [1.165, 1.54) is 16.5 Å². The standard InChI is InChI=1S/C17H15N5O3S/c1-3-11-10(2)26-17-15(11)16-19-14(20-21(16)9-18-17)8-25-13-7-5-4-6-12(13)22(23)24/h4-7,9H,3,8H2,1-2H3. The molecule has 0 atom stereocenters. The van der Waals surface area contributed by atoms with Gasteiger partial charge in [0, 0.05) is 10.9 Å². The number of nitro benzene ring substituents is 1. The van der Waals surface area contributed by atoms with Crippen LogP contribution in [-0.2, 0) is 13.0 Å². The molecule has 0 aliphatic carbocycles. The monoisotopic (exact) mass is 369 g/mol. The number of ether oxygens (including phenoxy) is 1. The Hall–Kier alpha value is -3.07. The van der Waals surface area contributed by atoms with Crippen LogP contribution < -0.4 is 4.74 Å². The van der Waals surface area contributed by atoms with Crippen molar-refractivity contribution < 1.29 is 9.66 Å². The number of thiophene rings is 1. The van der Waals surface area contributed by atoms with Gasteiger partial charge in [-0.3, -0.25) is 10.1 Å². The molecule has 0 bridgehead atoms. The number of para-hydroxylation sites is 2. The van der Waals surface area contributed by atoms with Crippen molar-refractivity contribution in [2.24, 2.45) is 0 Å². The van der Waals surface area contributed by atoms with Crippen LogP contribution >= 0.6 is 11.3 Å². The van der Waals surface area contributed by atoms with Crippen LogP contribution in [-0.4, -0.2) is 24.5 Å². The summed E-state index contributed by atoms with van der Waals surface area (Å²) in [6, 6.07) is 6.25. The highest BCUT2D eigenvalue weighted by atomic mass is 32.1. The summed E-state index contributed by atoms with van der Waals surface area (Å²) in [5.74, 6) is 0.642. The van der Waals surface area contributed by atoms with Gasteiger partial charge in [0.1, 0.15) is 11.2 Å². The van der Waals surface area contributed by atoms with Crippen molar-refractivity contribution in [1.82, 2.24) is 19.6 Å². The Kier molecular flexibility index (Phi) is 4.00. The van der Waals surface area contributed by atoms with Gasteiger partial charge >= 0.3 is 5.69 Å². The van der Waals surface area contributed by atoms with E-state index in [1.54, 1.807) is 40.4 Å². The second kappa shape index (κ2) is 6.34. The van der Waals surface area contributed by atoms with Crippen LogP contribution in [0.5, 0.6) is 5.75 Å². The molecule has 3 heterocycles. The van der Waals surface area contributed by atoms with E-state index in [0.29, 0.717) is 5.82 Å². The molecule has 9 heteroatoms. The fourth-order valence-electron chi connectivity index (χ4n) is 2.97. The number of aromatic nitrogens is 4. The quantitative estimate of drug-likeness (QED) is 0.393. The molecule has 1 aromatic carbocycles. The van der Waals surface area contributed by atoms with Crippen molar-refractivity contribution in [1.29, 1.82) is 0 Å². The van der Waals surface area contributed by atoms with Crippen molar-refractivity contribution in [3.8, 4) is 5.75 Å². The first-order chi connectivity index (χ1) is 12.6. The lowest BCUT2D eigenvalue weighted by molar-refractivity contribution is -0.385. The molecule has 0 aliphatic heterocycles. The predicted octanol–water partition coefficient (Wildman–Crippen LogP) is 3.70. The zero-order valence-corrected chi connectivity index (χ0v) is 15.0. The van der Waals surface area contributed by atoms with E-state index in [2.05, 4.69) is 28.9 Å². The summed E-state index contributed by atoms with van der Waals surface area (Å²) in [6.45, 7) is 4.22. The number of fused-ring (bicyclic) bond motifs is 3. The third kappa shape index (κ3) is 2.66. The van der Waals surface area contributed by atoms with E-state index in [1.807, 2.05) is 0 Å². The summed E-state index contributed by atoms with van der Waals surface area (Å²) >= 11 is 1.64. The Morgan fingerprint density at radius 3 is 2.92 bits per heavy atom. The molecular formula is C17H15N5O3S. The Balaban J connectivity index is 1.70. The molecule has 0 saturated carbocycles. The summed E-state index contributed by atoms with van der Waals surface area (Å²) < 4.78 is 7.22. The molecule has 3 aromatic heterocycles. The summed E-state index contributed by atoms with van der Waals surface area (Å²) in [5.41, 5.74) is 1.88. The average Bonchev–Trinajstić information content (AvgIpc) is 3.19. The summed E-state index contributed by atoms with van der Waals surface area (Å²) in [4.78, 5) is 21.8. The number of benzene rings is 1. The minimum Gasteiger partial charge on any atom is -0.478 e. The minimum absolute atomic E-state index is 0.0403. The number of hydrogen-bond donors (Lipinski definition) is 0. The van der Waals surface area contributed by atoms with E-state index in [0.717, 1.165) is 22.3 Å². The number of hydrogen-bond acceptors (Lipinski definition) is 7. The summed E-state index contributed by atoms with van der Waals surface area (Å²) in [6.07, 6.45) is 2.52. The fraction of sp³-hybridized carbons (Fsp3) is 0.235. The van der Waals surface area contributed by atoms with Crippen molar-refractivity contribution in [3.05, 3.63) is 57.0 Å². The molecule has 4 rings (SSSR count). The molecule has 8 nitrogen and oxygen atoms in total. The highest BCUT2D eigenvalue weighted by Gasteiger charge is 2.17. The van der Waals surface area contributed by atoms with Crippen LogP contribution in [0, 0.1) is 17.0 Å². The maximum absolute atomic E-state index is 11.1. The Bertz CT molecular complexity index is 1130. The molecule has 0 radical (unpaired) electrons. The Morgan fingerprint density at radius 2 is 2.15 bits per heavy atom. The molecule has 0 unspecified atom stereocenters. The number of nitrogens with zero attached hydrogens (tertiary/aromatic N) is 5. The van der Waals surface area contributed by atoms with Gasteiger partial charge in [0.15, 0.2) is 23.8 Å². The first-order valence-corrected chi connectivity index (χ1v) is 8.88. The van der Waals surface area contributed by atoms with Crippen molar-refractivity contribution in [3.63, 3.8) is 0 Å². The fourth-order valence-corrected chi connectivity index (χ4v) is 4.05. The maximum atomic E-state index is 11.1. The molecule has 26 heavy (non-hydrogen) atoms. The van der Waals surface area contributed by atoms with Crippen LogP contribution in [0.4, 0.5) is 5.69 Å². The van der Waals surface area contributed by atoms with Gasteiger partial charge in [0.25, 0.3) is 0 Å². The zero-order chi connectivity index (χ0) is 18.3. The molecule has 0 saturated heterocycles. The first-order valence-electron chi connectivity index (χ1n) is 8.07. The SMILES string of the molecule is CCc1c(C)sc2ncn3nc(COc4ccccc4[N+](=O)[O-])nc3c12. The van der Waals surface area contributed by atoms with E-state index >= 15 is 0 Å². The van der Waals surface area contributed by atoms with Crippen LogP contribution in [0.25, 0.3) is 15.9 Å². The zero-order valence-electron chi connectivity index (χ0n) is 14.2. The molecule has 0 spiro atoms. The van der Waals surface area contributed by atoms with Crippen molar-refractivity contribution in [2.45, 2.75) is 26.9 Å². The Morgan fingerprint density at radius 1 is 1.35 bits per heavy atom. The van der Waals surface area contributed by atoms with Gasteiger partial charge in [-0.05, 0) is 25.0 Å². The maximum Gasteiger partial charge on any atom is 0.310 e. The van der Waals surface area contributed by atoms with Crippen LogP contribution in [0.3, 0.4) is 0 Å². The number of nitro groups is 1. The van der Waals surface area contributed by atoms with E-state index in [9.17, 15) is 10.1 Å². The molecule has 0 fully saturated rings. The van der Waals surface area contributed by atoms with Crippen LogP contribution in [0.1, 0.15) is 23.2 Å². The van der Waals surface area contributed by atoms with Gasteiger partial charge in [-0.1, -0.05) is 19.1 Å². The second-order valence-corrected chi connectivity index (χ2v) is 6.93. The van der Waals surface area contributed by atoms with Crippen LogP contribution in [0.15, 0.2) is 30.6 Å². The molecular weight excluding hydrogens is 354 g/mol. The van der Waals surface area contributed by atoms with Gasteiger partial charge in [-0.25, -0.2) is 14.5 Å². The van der Waals surface area contributed by atoms with Gasteiger partial charge < -0.3 is 4.74 Å². The number of aryl methyl sites for hydroxylation is 2. The minimum atomic E-state index is -0.471. The van der Waals surface area contributed by atoms with Crippen molar-refractivity contribution in [2.75, 3.05) is 0 Å². The normalized spacial score (nSPS) is 11.3. The van der Waals surface area contributed by atoms with E-state index in [4.69, 9.17) is 4.74 Å². The lowest BCUT2D eigenvalue weighted by Crippen LogP contribution is -2.00. The smallest absolute Gasteiger partial charge is 0.310 e. The molecule has 132 valence electrons. The van der Waals surface area contributed by atoms with Crippen molar-refractivity contribution >= 4 is 32.9 Å². The Labute approximate surface area is 152 Å². The average molecular weight is 369 g/mol. The predicted molar refractivity (Wildman–Crippen MR) is 97.7 cm³/mol. The molecule has 0 aliphatic rings. The highest BCUT2D eigenvalue weighted by Crippen LogP contribution is 2.32. The van der Waals surface area contributed by atoms with Gasteiger partial charge in [0.05, 0.1) is 10.3 Å². The molecule has 0 N–H and O–H groups in total. The lowest BCUT2D eigenvalue weighted by Gasteiger charge is -2.03. The number of rotatable bonds is 5. The highest BCUT2D eigenvalue weighted by molar-refractivity contribution is 7.18.